The summed E-state index contributed by atoms with van der Waals surface area (Å²) in [5, 5.41) is 0. The average Bonchev–Trinajstić information content (AvgIpc) is 2.66. The van der Waals surface area contributed by atoms with Gasteiger partial charge in [0.25, 0.3) is 5.92 Å². The van der Waals surface area contributed by atoms with Crippen LogP contribution in [0.3, 0.4) is 0 Å². The van der Waals surface area contributed by atoms with Crippen LogP contribution >= 0.6 is 0 Å². The molecule has 0 saturated heterocycles. The number of benzene rings is 2. The molecular formula is C22H21F2O2. The summed E-state index contributed by atoms with van der Waals surface area (Å²) in [7, 11) is 0. The van der Waals surface area contributed by atoms with Gasteiger partial charge in [-0.3, -0.25) is 4.79 Å². The number of carbonyl (C=O) groups excluding carboxylic acids is 1. The van der Waals surface area contributed by atoms with E-state index in [1.165, 1.54) is 6.42 Å². The highest BCUT2D eigenvalue weighted by molar-refractivity contribution is 5.79. The van der Waals surface area contributed by atoms with Crippen LogP contribution in [-0.2, 0) is 22.6 Å². The van der Waals surface area contributed by atoms with E-state index in [0.717, 1.165) is 22.3 Å². The standard InChI is InChI=1S/C22H21F2O2/c23-22(24)14-12-20(13-15-22)19-9-6-17(7-10-19)8-11-21(25)26-16-18-4-2-1-3-5-18/h1-7,9-12H,8,13-16H2. The molecule has 0 aliphatic heterocycles. The predicted octanol–water partition coefficient (Wildman–Crippen LogP) is 5.38. The summed E-state index contributed by atoms with van der Waals surface area (Å²) >= 11 is 0. The second-order valence-electron chi connectivity index (χ2n) is 6.49. The second kappa shape index (κ2) is 8.26. The first kappa shape index (κ1) is 18.3. The van der Waals surface area contributed by atoms with Crippen molar-refractivity contribution in [2.24, 2.45) is 0 Å². The van der Waals surface area contributed by atoms with Crippen LogP contribution in [0.1, 0.15) is 36.0 Å². The van der Waals surface area contributed by atoms with Gasteiger partial charge in [0, 0.05) is 12.8 Å². The van der Waals surface area contributed by atoms with Crippen molar-refractivity contribution in [3.63, 3.8) is 0 Å². The number of ether oxygens (including phenoxy) is 1. The highest BCUT2D eigenvalue weighted by Crippen LogP contribution is 2.36. The molecule has 0 atom stereocenters. The second-order valence-corrected chi connectivity index (χ2v) is 6.49. The van der Waals surface area contributed by atoms with Gasteiger partial charge in [0.05, 0.1) is 6.42 Å². The normalized spacial score (nSPS) is 16.0. The van der Waals surface area contributed by atoms with Gasteiger partial charge < -0.3 is 4.74 Å². The lowest BCUT2D eigenvalue weighted by molar-refractivity contribution is -0.140. The average molecular weight is 355 g/mol. The molecule has 0 saturated carbocycles. The molecule has 26 heavy (non-hydrogen) atoms. The van der Waals surface area contributed by atoms with Crippen molar-refractivity contribution in [3.05, 3.63) is 83.8 Å². The molecule has 2 aromatic rings. The van der Waals surface area contributed by atoms with E-state index in [2.05, 4.69) is 0 Å². The maximum atomic E-state index is 13.2. The van der Waals surface area contributed by atoms with Gasteiger partial charge in [-0.1, -0.05) is 60.7 Å². The fourth-order valence-corrected chi connectivity index (χ4v) is 2.90. The zero-order chi connectivity index (χ0) is 18.4. The topological polar surface area (TPSA) is 26.3 Å². The first-order valence-electron chi connectivity index (χ1n) is 8.72. The number of halogens is 2. The van der Waals surface area contributed by atoms with Crippen molar-refractivity contribution < 1.29 is 18.3 Å². The van der Waals surface area contributed by atoms with Crippen molar-refractivity contribution in [1.29, 1.82) is 0 Å². The minimum absolute atomic E-state index is 0.0956. The number of rotatable bonds is 6. The highest BCUT2D eigenvalue weighted by atomic mass is 19.3. The van der Waals surface area contributed by atoms with E-state index in [-0.39, 0.29) is 25.4 Å². The Morgan fingerprint density at radius 3 is 2.42 bits per heavy atom. The van der Waals surface area contributed by atoms with Crippen LogP contribution in [0.2, 0.25) is 0 Å². The number of hydrogen-bond acceptors (Lipinski definition) is 2. The third-order valence-electron chi connectivity index (χ3n) is 4.46. The van der Waals surface area contributed by atoms with Crippen LogP contribution in [-0.4, -0.2) is 11.9 Å². The highest BCUT2D eigenvalue weighted by Gasteiger charge is 2.30. The van der Waals surface area contributed by atoms with Crippen LogP contribution < -0.4 is 0 Å². The Morgan fingerprint density at radius 2 is 1.77 bits per heavy atom. The molecule has 0 unspecified atom stereocenters. The third kappa shape index (κ3) is 5.25. The molecule has 0 aromatic heterocycles. The zero-order valence-corrected chi connectivity index (χ0v) is 14.5. The Balaban J connectivity index is 1.47. The minimum Gasteiger partial charge on any atom is -0.461 e. The Bertz CT molecular complexity index is 764. The van der Waals surface area contributed by atoms with Crippen molar-refractivity contribution in [1.82, 2.24) is 0 Å². The summed E-state index contributed by atoms with van der Waals surface area (Å²) in [5.74, 6) is -2.92. The van der Waals surface area contributed by atoms with Crippen LogP contribution in [0.25, 0.3) is 5.57 Å². The number of allylic oxidation sites excluding steroid dienone is 2. The SMILES string of the molecule is O=C([CH]Cc1ccc(C2=CCC(F)(F)CC2)cc1)OCc1ccccc1. The monoisotopic (exact) mass is 355 g/mol. The molecule has 0 spiro atoms. The first-order chi connectivity index (χ1) is 12.5. The molecule has 4 heteroatoms. The van der Waals surface area contributed by atoms with E-state index in [1.807, 2.05) is 54.6 Å². The Labute approximate surface area is 152 Å². The lowest BCUT2D eigenvalue weighted by Crippen LogP contribution is -2.18. The molecule has 0 amide bonds. The van der Waals surface area contributed by atoms with Gasteiger partial charge in [-0.05, 0) is 35.1 Å². The van der Waals surface area contributed by atoms with E-state index >= 15 is 0 Å². The zero-order valence-electron chi connectivity index (χ0n) is 14.5. The number of hydrogen-bond donors (Lipinski definition) is 0. The van der Waals surface area contributed by atoms with Crippen LogP contribution in [0.5, 0.6) is 0 Å². The van der Waals surface area contributed by atoms with Gasteiger partial charge in [0.2, 0.25) is 0 Å². The van der Waals surface area contributed by atoms with Gasteiger partial charge in [-0.15, -0.1) is 0 Å². The Morgan fingerprint density at radius 1 is 1.04 bits per heavy atom. The number of esters is 1. The largest absolute Gasteiger partial charge is 0.461 e. The van der Waals surface area contributed by atoms with Crippen molar-refractivity contribution in [2.45, 2.75) is 38.2 Å². The third-order valence-corrected chi connectivity index (χ3v) is 4.46. The first-order valence-corrected chi connectivity index (χ1v) is 8.72. The summed E-state index contributed by atoms with van der Waals surface area (Å²) in [4.78, 5) is 11.8. The van der Waals surface area contributed by atoms with Crippen molar-refractivity contribution in [3.8, 4) is 0 Å². The molecule has 2 aromatic carbocycles. The summed E-state index contributed by atoms with van der Waals surface area (Å²) in [6.07, 6.45) is 3.73. The fourth-order valence-electron chi connectivity index (χ4n) is 2.90. The van der Waals surface area contributed by atoms with Gasteiger partial charge in [-0.2, -0.15) is 0 Å². The maximum absolute atomic E-state index is 13.2. The Kier molecular flexibility index (Phi) is 5.82. The van der Waals surface area contributed by atoms with Crippen molar-refractivity contribution >= 4 is 11.5 Å². The van der Waals surface area contributed by atoms with Crippen LogP contribution in [0.4, 0.5) is 8.78 Å². The number of alkyl halides is 2. The van der Waals surface area contributed by atoms with Gasteiger partial charge in [0.15, 0.2) is 0 Å². The van der Waals surface area contributed by atoms with Crippen LogP contribution in [0, 0.1) is 6.42 Å². The summed E-state index contributed by atoms with van der Waals surface area (Å²) < 4.78 is 31.6. The van der Waals surface area contributed by atoms with Gasteiger partial charge in [-0.25, -0.2) is 8.78 Å². The maximum Gasteiger partial charge on any atom is 0.310 e. The molecule has 1 aliphatic carbocycles. The molecule has 0 heterocycles. The van der Waals surface area contributed by atoms with E-state index in [0.29, 0.717) is 12.8 Å². The molecule has 0 N–H and O–H groups in total. The Hall–Kier alpha value is -2.49. The summed E-state index contributed by atoms with van der Waals surface area (Å²) in [6.45, 7) is 0.258. The summed E-state index contributed by atoms with van der Waals surface area (Å²) in [6, 6.07) is 17.2. The lowest BCUT2D eigenvalue weighted by Gasteiger charge is -2.21. The molecule has 0 bridgehead atoms. The van der Waals surface area contributed by atoms with E-state index in [1.54, 1.807) is 6.08 Å². The molecule has 1 aliphatic rings. The van der Waals surface area contributed by atoms with Gasteiger partial charge in [0.1, 0.15) is 6.61 Å². The van der Waals surface area contributed by atoms with E-state index in [4.69, 9.17) is 4.74 Å². The van der Waals surface area contributed by atoms with E-state index in [9.17, 15) is 13.6 Å². The molecule has 1 radical (unpaired) electrons. The van der Waals surface area contributed by atoms with Crippen molar-refractivity contribution in [2.75, 3.05) is 0 Å². The minimum atomic E-state index is -2.57. The fraction of sp³-hybridized carbons (Fsp3) is 0.273. The smallest absolute Gasteiger partial charge is 0.310 e. The molecule has 2 nitrogen and oxygen atoms in total. The molecule has 135 valence electrons. The number of carbonyl (C=O) groups is 1. The molecule has 0 fully saturated rings. The lowest BCUT2D eigenvalue weighted by atomic mass is 9.91. The van der Waals surface area contributed by atoms with Crippen LogP contribution in [0.15, 0.2) is 60.7 Å². The molecular weight excluding hydrogens is 334 g/mol. The molecule has 3 rings (SSSR count). The predicted molar refractivity (Wildman–Crippen MR) is 97.5 cm³/mol. The quantitative estimate of drug-likeness (QED) is 0.650. The van der Waals surface area contributed by atoms with Gasteiger partial charge >= 0.3 is 5.97 Å². The van der Waals surface area contributed by atoms with E-state index < -0.39 is 5.92 Å². The summed E-state index contributed by atoms with van der Waals surface area (Å²) in [5.41, 5.74) is 3.86.